The number of halogens is 3. The smallest absolute Gasteiger partial charge is 0.342 e. The molecule has 4 rings (SSSR count). The number of amides is 1. The molecule has 4 heterocycles. The summed E-state index contributed by atoms with van der Waals surface area (Å²) >= 11 is 0. The number of pyridine rings is 2. The van der Waals surface area contributed by atoms with E-state index in [0.717, 1.165) is 12.5 Å². The number of likely N-dealkylation sites (tertiary alicyclic amines) is 1. The fourth-order valence-electron chi connectivity index (χ4n) is 4.22. The van der Waals surface area contributed by atoms with Crippen molar-refractivity contribution >= 4 is 5.91 Å². The summed E-state index contributed by atoms with van der Waals surface area (Å²) in [5.41, 5.74) is -0.591. The first kappa shape index (κ1) is 17.8. The minimum absolute atomic E-state index is 0.0271. The minimum atomic E-state index is -4.56. The van der Waals surface area contributed by atoms with Crippen LogP contribution in [-0.2, 0) is 17.5 Å². The Morgan fingerprint density at radius 1 is 1.22 bits per heavy atom. The van der Waals surface area contributed by atoms with Gasteiger partial charge in [0.25, 0.3) is 5.56 Å². The van der Waals surface area contributed by atoms with Crippen molar-refractivity contribution in [2.75, 3.05) is 13.1 Å². The summed E-state index contributed by atoms with van der Waals surface area (Å²) in [4.78, 5) is 30.1. The Bertz CT molecular complexity index is 967. The second-order valence-corrected chi connectivity index (χ2v) is 7.24. The highest BCUT2D eigenvalue weighted by atomic mass is 19.4. The van der Waals surface area contributed by atoms with Gasteiger partial charge in [-0.2, -0.15) is 13.2 Å². The third kappa shape index (κ3) is 3.13. The predicted molar refractivity (Wildman–Crippen MR) is 92.0 cm³/mol. The van der Waals surface area contributed by atoms with Gasteiger partial charge in [-0.25, -0.2) is 0 Å². The van der Waals surface area contributed by atoms with Crippen LogP contribution < -0.4 is 5.56 Å². The van der Waals surface area contributed by atoms with Crippen molar-refractivity contribution in [2.45, 2.75) is 32.0 Å². The van der Waals surface area contributed by atoms with Gasteiger partial charge in [0.2, 0.25) is 5.91 Å². The Morgan fingerprint density at radius 3 is 2.70 bits per heavy atom. The van der Waals surface area contributed by atoms with Crippen molar-refractivity contribution in [2.24, 2.45) is 5.92 Å². The maximum absolute atomic E-state index is 13.3. The van der Waals surface area contributed by atoms with Crippen molar-refractivity contribution in [1.29, 1.82) is 0 Å². The highest BCUT2D eigenvalue weighted by Gasteiger charge is 2.37. The molecule has 2 aromatic heterocycles. The second-order valence-electron chi connectivity index (χ2n) is 7.24. The number of rotatable bonds is 1. The molecule has 2 aliphatic rings. The molecule has 2 aromatic rings. The van der Waals surface area contributed by atoms with E-state index in [9.17, 15) is 22.8 Å². The molecule has 2 atom stereocenters. The van der Waals surface area contributed by atoms with E-state index in [2.05, 4.69) is 4.98 Å². The highest BCUT2D eigenvalue weighted by molar-refractivity contribution is 5.73. The van der Waals surface area contributed by atoms with E-state index in [1.54, 1.807) is 15.5 Å². The van der Waals surface area contributed by atoms with Crippen LogP contribution in [-0.4, -0.2) is 33.4 Å². The van der Waals surface area contributed by atoms with Crippen molar-refractivity contribution in [3.05, 3.63) is 52.1 Å². The van der Waals surface area contributed by atoms with Gasteiger partial charge >= 0.3 is 6.18 Å². The van der Waals surface area contributed by atoms with E-state index in [-0.39, 0.29) is 34.6 Å². The molecular formula is C19H18F3N3O2. The average Bonchev–Trinajstić information content (AvgIpc) is 2.61. The number of alkyl halides is 3. The van der Waals surface area contributed by atoms with Gasteiger partial charge in [0.05, 0.1) is 11.3 Å². The van der Waals surface area contributed by atoms with Gasteiger partial charge in [0, 0.05) is 56.0 Å². The predicted octanol–water partition coefficient (Wildman–Crippen LogP) is 2.89. The van der Waals surface area contributed by atoms with Gasteiger partial charge in [0.15, 0.2) is 0 Å². The zero-order valence-corrected chi connectivity index (χ0v) is 14.7. The molecule has 142 valence electrons. The Morgan fingerprint density at radius 2 is 2.00 bits per heavy atom. The number of hydrogen-bond donors (Lipinski definition) is 0. The summed E-state index contributed by atoms with van der Waals surface area (Å²) in [5.74, 6) is 0.0946. The maximum Gasteiger partial charge on any atom is 0.418 e. The third-order valence-corrected chi connectivity index (χ3v) is 5.39. The summed E-state index contributed by atoms with van der Waals surface area (Å²) < 4.78 is 41.7. The number of hydrogen-bond acceptors (Lipinski definition) is 3. The van der Waals surface area contributed by atoms with Crippen LogP contribution in [0.2, 0.25) is 0 Å². The Balaban J connectivity index is 1.83. The quantitative estimate of drug-likeness (QED) is 0.768. The number of piperidine rings is 1. The van der Waals surface area contributed by atoms with Crippen LogP contribution in [0.3, 0.4) is 0 Å². The number of nitrogens with zero attached hydrogens (tertiary/aromatic N) is 3. The van der Waals surface area contributed by atoms with Gasteiger partial charge in [-0.15, -0.1) is 0 Å². The molecule has 1 fully saturated rings. The van der Waals surface area contributed by atoms with Gasteiger partial charge in [-0.05, 0) is 30.5 Å². The van der Waals surface area contributed by atoms with E-state index in [1.165, 1.54) is 25.3 Å². The summed E-state index contributed by atoms with van der Waals surface area (Å²) in [6.07, 6.45) is -2.45. The molecule has 1 amide bonds. The molecule has 5 nitrogen and oxygen atoms in total. The van der Waals surface area contributed by atoms with Crippen molar-refractivity contribution in [3.63, 3.8) is 0 Å². The molecule has 2 bridgehead atoms. The largest absolute Gasteiger partial charge is 0.418 e. The van der Waals surface area contributed by atoms with E-state index in [4.69, 9.17) is 0 Å². The molecule has 0 N–H and O–H groups in total. The molecule has 8 heteroatoms. The average molecular weight is 377 g/mol. The van der Waals surface area contributed by atoms with Gasteiger partial charge in [-0.1, -0.05) is 0 Å². The van der Waals surface area contributed by atoms with Gasteiger partial charge < -0.3 is 9.47 Å². The minimum Gasteiger partial charge on any atom is -0.342 e. The Labute approximate surface area is 153 Å². The van der Waals surface area contributed by atoms with E-state index < -0.39 is 11.7 Å². The van der Waals surface area contributed by atoms with Crippen molar-refractivity contribution < 1.29 is 18.0 Å². The number of carbonyl (C=O) groups excluding carboxylic acids is 1. The lowest BCUT2D eigenvalue weighted by molar-refractivity contribution is -0.137. The van der Waals surface area contributed by atoms with Crippen molar-refractivity contribution in [1.82, 2.24) is 14.5 Å². The summed E-state index contributed by atoms with van der Waals surface area (Å²) in [6, 6.07) is 5.05. The van der Waals surface area contributed by atoms with Crippen LogP contribution in [0.4, 0.5) is 13.2 Å². The Kier molecular flexibility index (Phi) is 4.09. The van der Waals surface area contributed by atoms with Gasteiger partial charge in [0.1, 0.15) is 0 Å². The van der Waals surface area contributed by atoms with Crippen LogP contribution >= 0.6 is 0 Å². The Hall–Kier alpha value is -2.64. The maximum atomic E-state index is 13.3. The molecule has 27 heavy (non-hydrogen) atoms. The molecule has 0 radical (unpaired) electrons. The molecule has 0 aliphatic carbocycles. The van der Waals surface area contributed by atoms with Crippen LogP contribution in [0.1, 0.15) is 30.5 Å². The summed E-state index contributed by atoms with van der Waals surface area (Å²) in [5, 5.41) is 0. The van der Waals surface area contributed by atoms with E-state index in [1.807, 2.05) is 0 Å². The number of aromatic nitrogens is 2. The first-order valence-electron chi connectivity index (χ1n) is 8.77. The van der Waals surface area contributed by atoms with Crippen molar-refractivity contribution in [3.8, 4) is 11.3 Å². The van der Waals surface area contributed by atoms with Crippen LogP contribution in [0, 0.1) is 5.92 Å². The molecule has 0 aromatic carbocycles. The normalized spacial score (nSPS) is 21.7. The van der Waals surface area contributed by atoms with Crippen LogP contribution in [0.25, 0.3) is 11.3 Å². The zero-order valence-electron chi connectivity index (χ0n) is 14.7. The molecule has 0 saturated carbocycles. The standard InChI is InChI=1S/C19H18F3N3O2/c1-11(26)24-8-12-5-14(10-24)16-6-13(7-17(27)25(16)9-12)18-15(19(20,21)22)3-2-4-23-18/h2-4,6-7,12,14H,5,8-10H2,1H3/t12-,14+/m0/s1. The summed E-state index contributed by atoms with van der Waals surface area (Å²) in [7, 11) is 0. The lowest BCUT2D eigenvalue weighted by atomic mass is 9.82. The molecular weight excluding hydrogens is 359 g/mol. The fraction of sp³-hybridized carbons (Fsp3) is 0.421. The molecule has 0 unspecified atom stereocenters. The molecule has 2 aliphatic heterocycles. The number of carbonyl (C=O) groups is 1. The van der Waals surface area contributed by atoms with Crippen LogP contribution in [0.15, 0.2) is 35.3 Å². The highest BCUT2D eigenvalue weighted by Crippen LogP contribution is 2.39. The first-order chi connectivity index (χ1) is 12.7. The summed E-state index contributed by atoms with van der Waals surface area (Å²) in [6.45, 7) is 3.07. The van der Waals surface area contributed by atoms with E-state index in [0.29, 0.717) is 25.3 Å². The van der Waals surface area contributed by atoms with E-state index >= 15 is 0 Å². The van der Waals surface area contributed by atoms with Crippen LogP contribution in [0.5, 0.6) is 0 Å². The molecule has 0 spiro atoms. The topological polar surface area (TPSA) is 55.2 Å². The third-order valence-electron chi connectivity index (χ3n) is 5.39. The number of fused-ring (bicyclic) bond motifs is 4. The first-order valence-corrected chi connectivity index (χ1v) is 8.77. The van der Waals surface area contributed by atoms with Gasteiger partial charge in [-0.3, -0.25) is 14.6 Å². The fourth-order valence-corrected chi connectivity index (χ4v) is 4.22. The zero-order chi connectivity index (χ0) is 19.3. The lowest BCUT2D eigenvalue weighted by Gasteiger charge is -2.42. The molecule has 1 saturated heterocycles. The monoisotopic (exact) mass is 377 g/mol. The second kappa shape index (κ2) is 6.21. The SMILES string of the molecule is CC(=O)N1C[C@@H]2C[C@H](C1)c1cc(-c3ncccc3C(F)(F)F)cc(=O)n1C2. The lowest BCUT2D eigenvalue weighted by Crippen LogP contribution is -2.48.